The number of nitrogens with zero attached hydrogens (tertiary/aromatic N) is 1. The van der Waals surface area contributed by atoms with Gasteiger partial charge in [0.05, 0.1) is 5.52 Å². The summed E-state index contributed by atoms with van der Waals surface area (Å²) in [5.74, 6) is 0.660. The number of fused-ring (bicyclic) bond motifs is 1. The molecule has 1 atom stereocenters. The van der Waals surface area contributed by atoms with Crippen molar-refractivity contribution in [2.75, 3.05) is 0 Å². The highest BCUT2D eigenvalue weighted by Gasteiger charge is 2.16. The lowest BCUT2D eigenvalue weighted by Crippen LogP contribution is -2.04. The van der Waals surface area contributed by atoms with Crippen LogP contribution in [0.3, 0.4) is 0 Å². The Morgan fingerprint density at radius 2 is 2.00 bits per heavy atom. The van der Waals surface area contributed by atoms with Gasteiger partial charge in [0, 0.05) is 11.1 Å². The Balaban J connectivity index is 2.11. The van der Waals surface area contributed by atoms with Crippen molar-refractivity contribution in [3.05, 3.63) is 53.2 Å². The zero-order chi connectivity index (χ0) is 12.5. The maximum Gasteiger partial charge on any atom is 0.0705 e. The van der Waals surface area contributed by atoms with Crippen molar-refractivity contribution in [3.63, 3.8) is 0 Å². The minimum absolute atomic E-state index is 0.660. The SMILES string of the molecule is Cc1ccc2nc(C)c(C3CC=CCC3)cc2c1. The third kappa shape index (κ3) is 2.05. The van der Waals surface area contributed by atoms with Gasteiger partial charge in [0.2, 0.25) is 0 Å². The second-order valence-electron chi connectivity index (χ2n) is 5.34. The van der Waals surface area contributed by atoms with E-state index in [-0.39, 0.29) is 0 Å². The molecule has 92 valence electrons. The highest BCUT2D eigenvalue weighted by Crippen LogP contribution is 2.32. The Labute approximate surface area is 109 Å². The van der Waals surface area contributed by atoms with Crippen LogP contribution < -0.4 is 0 Å². The summed E-state index contributed by atoms with van der Waals surface area (Å²) in [6.45, 7) is 4.29. The Kier molecular flexibility index (Phi) is 2.91. The second kappa shape index (κ2) is 4.56. The summed E-state index contributed by atoms with van der Waals surface area (Å²) in [5, 5.41) is 1.28. The average molecular weight is 237 g/mol. The lowest BCUT2D eigenvalue weighted by molar-refractivity contribution is 0.612. The van der Waals surface area contributed by atoms with E-state index in [9.17, 15) is 0 Å². The van der Waals surface area contributed by atoms with E-state index in [1.165, 1.54) is 41.5 Å². The molecule has 0 saturated heterocycles. The molecule has 0 spiro atoms. The molecule has 1 aliphatic rings. The van der Waals surface area contributed by atoms with Crippen LogP contribution in [0.15, 0.2) is 36.4 Å². The summed E-state index contributed by atoms with van der Waals surface area (Å²) < 4.78 is 0. The molecule has 18 heavy (non-hydrogen) atoms. The largest absolute Gasteiger partial charge is 0.253 e. The quantitative estimate of drug-likeness (QED) is 0.656. The molecule has 0 radical (unpaired) electrons. The number of pyridine rings is 1. The van der Waals surface area contributed by atoms with Crippen LogP contribution in [-0.2, 0) is 0 Å². The first kappa shape index (κ1) is 11.5. The van der Waals surface area contributed by atoms with Gasteiger partial charge in [-0.2, -0.15) is 0 Å². The molecule has 3 rings (SSSR count). The molecule has 0 amide bonds. The Hall–Kier alpha value is -1.63. The summed E-state index contributed by atoms with van der Waals surface area (Å²) in [6.07, 6.45) is 8.24. The zero-order valence-corrected chi connectivity index (χ0v) is 11.1. The van der Waals surface area contributed by atoms with Crippen LogP contribution in [0, 0.1) is 13.8 Å². The molecule has 0 saturated carbocycles. The summed E-state index contributed by atoms with van der Waals surface area (Å²) in [5.41, 5.74) is 5.07. The number of hydrogen-bond acceptors (Lipinski definition) is 1. The normalized spacial score (nSPS) is 19.3. The van der Waals surface area contributed by atoms with Crippen molar-refractivity contribution in [1.29, 1.82) is 0 Å². The Bertz CT molecular complexity index is 610. The molecule has 2 aromatic rings. The lowest BCUT2D eigenvalue weighted by Gasteiger charge is -2.20. The van der Waals surface area contributed by atoms with Gasteiger partial charge in [-0.1, -0.05) is 23.8 Å². The molecule has 1 nitrogen and oxygen atoms in total. The molecule has 1 aromatic heterocycles. The van der Waals surface area contributed by atoms with Gasteiger partial charge in [-0.15, -0.1) is 0 Å². The fraction of sp³-hybridized carbons (Fsp3) is 0.353. The number of benzene rings is 1. The molecule has 1 unspecified atom stereocenters. The van der Waals surface area contributed by atoms with Gasteiger partial charge in [0.25, 0.3) is 0 Å². The summed E-state index contributed by atoms with van der Waals surface area (Å²) >= 11 is 0. The molecule has 1 heteroatoms. The van der Waals surface area contributed by atoms with E-state index in [0.29, 0.717) is 5.92 Å². The molecule has 0 aliphatic heterocycles. The van der Waals surface area contributed by atoms with E-state index in [0.717, 1.165) is 5.52 Å². The van der Waals surface area contributed by atoms with Crippen LogP contribution >= 0.6 is 0 Å². The van der Waals surface area contributed by atoms with Crippen LogP contribution in [-0.4, -0.2) is 4.98 Å². The Morgan fingerprint density at radius 1 is 1.11 bits per heavy atom. The van der Waals surface area contributed by atoms with Gasteiger partial charge in [-0.25, -0.2) is 0 Å². The van der Waals surface area contributed by atoms with Gasteiger partial charge in [0.15, 0.2) is 0 Å². The topological polar surface area (TPSA) is 12.9 Å². The third-order valence-corrected chi connectivity index (χ3v) is 3.91. The first-order valence-electron chi connectivity index (χ1n) is 6.77. The van der Waals surface area contributed by atoms with E-state index >= 15 is 0 Å². The van der Waals surface area contributed by atoms with Crippen molar-refractivity contribution in [2.24, 2.45) is 0 Å². The van der Waals surface area contributed by atoms with E-state index in [4.69, 9.17) is 4.98 Å². The van der Waals surface area contributed by atoms with Crippen LogP contribution in [0.2, 0.25) is 0 Å². The smallest absolute Gasteiger partial charge is 0.0705 e. The number of rotatable bonds is 1. The van der Waals surface area contributed by atoms with Gasteiger partial charge >= 0.3 is 0 Å². The maximum atomic E-state index is 4.77. The lowest BCUT2D eigenvalue weighted by atomic mass is 9.86. The maximum absolute atomic E-state index is 4.77. The standard InChI is InChI=1S/C17H19N/c1-12-8-9-17-15(10-12)11-16(13(2)18-17)14-6-4-3-5-7-14/h3-4,8-11,14H,5-7H2,1-2H3. The van der Waals surface area contributed by atoms with E-state index in [2.05, 4.69) is 50.3 Å². The van der Waals surface area contributed by atoms with E-state index < -0.39 is 0 Å². The number of allylic oxidation sites excluding steroid dienone is 2. The van der Waals surface area contributed by atoms with Crippen LogP contribution in [0.25, 0.3) is 10.9 Å². The first-order chi connectivity index (χ1) is 8.74. The molecule has 1 aliphatic carbocycles. The fourth-order valence-corrected chi connectivity index (χ4v) is 2.90. The first-order valence-corrected chi connectivity index (χ1v) is 6.77. The van der Waals surface area contributed by atoms with E-state index in [1.54, 1.807) is 0 Å². The predicted octanol–water partition coefficient (Wildman–Crippen LogP) is 4.68. The zero-order valence-electron chi connectivity index (χ0n) is 11.1. The highest BCUT2D eigenvalue weighted by molar-refractivity contribution is 5.80. The molecule has 0 fully saturated rings. The number of hydrogen-bond donors (Lipinski definition) is 0. The van der Waals surface area contributed by atoms with Crippen molar-refractivity contribution >= 4 is 10.9 Å². The number of aryl methyl sites for hydroxylation is 2. The Morgan fingerprint density at radius 3 is 2.78 bits per heavy atom. The molecule has 0 N–H and O–H groups in total. The van der Waals surface area contributed by atoms with Crippen molar-refractivity contribution in [1.82, 2.24) is 4.98 Å². The summed E-state index contributed by atoms with van der Waals surface area (Å²) in [6, 6.07) is 8.86. The molecular formula is C17H19N. The average Bonchev–Trinajstić information content (AvgIpc) is 2.39. The van der Waals surface area contributed by atoms with Gasteiger partial charge < -0.3 is 0 Å². The van der Waals surface area contributed by atoms with Gasteiger partial charge in [-0.3, -0.25) is 4.98 Å². The third-order valence-electron chi connectivity index (χ3n) is 3.91. The summed E-state index contributed by atoms with van der Waals surface area (Å²) in [4.78, 5) is 4.77. The van der Waals surface area contributed by atoms with Crippen molar-refractivity contribution < 1.29 is 0 Å². The molecular weight excluding hydrogens is 218 g/mol. The van der Waals surface area contributed by atoms with Crippen LogP contribution in [0.5, 0.6) is 0 Å². The fourth-order valence-electron chi connectivity index (χ4n) is 2.90. The summed E-state index contributed by atoms with van der Waals surface area (Å²) in [7, 11) is 0. The molecule has 1 heterocycles. The molecule has 1 aromatic carbocycles. The molecule has 0 bridgehead atoms. The van der Waals surface area contributed by atoms with Crippen LogP contribution in [0.1, 0.15) is 42.0 Å². The van der Waals surface area contributed by atoms with Crippen LogP contribution in [0.4, 0.5) is 0 Å². The van der Waals surface area contributed by atoms with Gasteiger partial charge in [0.1, 0.15) is 0 Å². The monoisotopic (exact) mass is 237 g/mol. The van der Waals surface area contributed by atoms with Gasteiger partial charge in [-0.05, 0) is 62.8 Å². The number of aromatic nitrogens is 1. The van der Waals surface area contributed by atoms with E-state index in [1.807, 2.05) is 0 Å². The van der Waals surface area contributed by atoms with Crippen molar-refractivity contribution in [3.8, 4) is 0 Å². The minimum Gasteiger partial charge on any atom is -0.253 e. The predicted molar refractivity (Wildman–Crippen MR) is 76.9 cm³/mol. The minimum atomic E-state index is 0.660. The van der Waals surface area contributed by atoms with Crippen molar-refractivity contribution in [2.45, 2.75) is 39.0 Å². The second-order valence-corrected chi connectivity index (χ2v) is 5.34. The highest BCUT2D eigenvalue weighted by atomic mass is 14.7.